The lowest BCUT2D eigenvalue weighted by molar-refractivity contribution is -0.386. The van der Waals surface area contributed by atoms with Gasteiger partial charge in [-0.05, 0) is 0 Å². The molecule has 3 saturated heterocycles. The van der Waals surface area contributed by atoms with Crippen molar-refractivity contribution in [2.75, 3.05) is 26.4 Å². The van der Waals surface area contributed by atoms with E-state index in [-0.39, 0.29) is 0 Å². The van der Waals surface area contributed by atoms with Crippen molar-refractivity contribution in [3.63, 3.8) is 0 Å². The SMILES string of the molecule is OCC1OC[C@@](O)(C2OC[C@@H](O)[C@H](O)[C@H]2O)[C@](O)(C2O[C@@H](CO)[C@H](O)[C@@H](O)[C@@H]2O)[C@@H]1O. The summed E-state index contributed by atoms with van der Waals surface area (Å²) < 4.78 is 15.8. The van der Waals surface area contributed by atoms with Gasteiger partial charge in [0.1, 0.15) is 67.1 Å². The van der Waals surface area contributed by atoms with Crippen molar-refractivity contribution in [1.29, 1.82) is 0 Å². The minimum atomic E-state index is -3.04. The third-order valence-electron chi connectivity index (χ3n) is 6.49. The summed E-state index contributed by atoms with van der Waals surface area (Å²) in [6.45, 7) is -3.23. The third-order valence-corrected chi connectivity index (χ3v) is 6.49. The Bertz CT molecular complexity index is 622. The van der Waals surface area contributed by atoms with Gasteiger partial charge in [0.25, 0.3) is 0 Å². The first-order chi connectivity index (χ1) is 14.4. The van der Waals surface area contributed by atoms with Gasteiger partial charge in [-0.15, -0.1) is 0 Å². The smallest absolute Gasteiger partial charge is 0.155 e. The Morgan fingerprint density at radius 2 is 1.26 bits per heavy atom. The van der Waals surface area contributed by atoms with Crippen molar-refractivity contribution >= 4 is 0 Å². The van der Waals surface area contributed by atoms with Gasteiger partial charge in [-0.3, -0.25) is 0 Å². The zero-order chi connectivity index (χ0) is 23.3. The molecule has 31 heavy (non-hydrogen) atoms. The maximum Gasteiger partial charge on any atom is 0.155 e. The van der Waals surface area contributed by atoms with Crippen LogP contribution in [0.3, 0.4) is 0 Å². The second-order valence-electron chi connectivity index (χ2n) is 8.28. The van der Waals surface area contributed by atoms with Gasteiger partial charge in [0.15, 0.2) is 11.2 Å². The van der Waals surface area contributed by atoms with E-state index >= 15 is 0 Å². The van der Waals surface area contributed by atoms with Gasteiger partial charge in [-0.25, -0.2) is 0 Å². The lowest BCUT2D eigenvalue weighted by Crippen LogP contribution is -2.84. The first-order valence-electron chi connectivity index (χ1n) is 9.77. The maximum absolute atomic E-state index is 11.6. The van der Waals surface area contributed by atoms with E-state index in [4.69, 9.17) is 14.2 Å². The quantitative estimate of drug-likeness (QED) is 0.187. The van der Waals surface area contributed by atoms with E-state index in [0.717, 1.165) is 0 Å². The Kier molecular flexibility index (Phi) is 7.28. The lowest BCUT2D eigenvalue weighted by Gasteiger charge is -2.60. The second kappa shape index (κ2) is 9.00. The van der Waals surface area contributed by atoms with E-state index in [1.165, 1.54) is 0 Å². The van der Waals surface area contributed by atoms with Crippen LogP contribution in [0, 0.1) is 0 Å². The zero-order valence-corrected chi connectivity index (χ0v) is 16.3. The highest BCUT2D eigenvalue weighted by molar-refractivity contribution is 5.21. The number of rotatable bonds is 4. The van der Waals surface area contributed by atoms with Crippen molar-refractivity contribution in [1.82, 2.24) is 0 Å². The van der Waals surface area contributed by atoms with E-state index in [2.05, 4.69) is 0 Å². The van der Waals surface area contributed by atoms with Gasteiger partial charge in [0, 0.05) is 0 Å². The van der Waals surface area contributed by atoms with Gasteiger partial charge in [0.2, 0.25) is 0 Å². The summed E-state index contributed by atoms with van der Waals surface area (Å²) in [5.74, 6) is 0. The van der Waals surface area contributed by atoms with Crippen molar-refractivity contribution < 1.29 is 70.4 Å². The predicted molar refractivity (Wildman–Crippen MR) is 94.3 cm³/mol. The fourth-order valence-corrected chi connectivity index (χ4v) is 4.55. The molecule has 3 aliphatic rings. The summed E-state index contributed by atoms with van der Waals surface area (Å²) in [5, 5.41) is 114. The van der Waals surface area contributed by atoms with E-state index in [0.29, 0.717) is 0 Å². The molecule has 0 amide bonds. The number of hydrogen-bond donors (Lipinski definition) is 11. The molecule has 0 aliphatic carbocycles. The second-order valence-corrected chi connectivity index (χ2v) is 8.28. The monoisotopic (exact) mass is 458 g/mol. The average molecular weight is 458 g/mol. The minimum absolute atomic E-state index is 0.588. The Morgan fingerprint density at radius 3 is 1.84 bits per heavy atom. The Balaban J connectivity index is 2.08. The molecule has 13 atom stereocenters. The van der Waals surface area contributed by atoms with Crippen molar-refractivity contribution in [2.24, 2.45) is 0 Å². The van der Waals surface area contributed by atoms with Crippen LogP contribution < -0.4 is 0 Å². The van der Waals surface area contributed by atoms with E-state index in [1.807, 2.05) is 0 Å². The van der Waals surface area contributed by atoms with Gasteiger partial charge < -0.3 is 70.4 Å². The Labute approximate surface area is 176 Å². The topological polar surface area (TPSA) is 250 Å². The molecule has 0 aromatic carbocycles. The number of aliphatic hydroxyl groups is 11. The molecule has 0 aromatic heterocycles. The molecule has 3 rings (SSSR count). The van der Waals surface area contributed by atoms with Crippen molar-refractivity contribution in [3.05, 3.63) is 0 Å². The van der Waals surface area contributed by atoms with Crippen LogP contribution in [-0.4, -0.2) is 161 Å². The molecule has 182 valence electrons. The van der Waals surface area contributed by atoms with Gasteiger partial charge >= 0.3 is 0 Å². The van der Waals surface area contributed by atoms with Gasteiger partial charge in [-0.1, -0.05) is 0 Å². The summed E-state index contributed by atoms with van der Waals surface area (Å²) in [6.07, 6.45) is -20.6. The standard InChI is InChI=1S/C17H30O14/c18-1-6-9(22)10(23)12(25)15(31-6)17(28)13(26)7(2-19)30-4-16(17,27)14-11(24)8(21)5(20)3-29-14/h5-15,18-28H,1-4H2/t5-,6+,7?,8+,9+,10-,11-,12+,13-,14?,15?,16-,17-/m1/s1. The first kappa shape index (κ1) is 25.1. The molecule has 11 N–H and O–H groups in total. The van der Waals surface area contributed by atoms with Crippen LogP contribution in [-0.2, 0) is 14.2 Å². The Morgan fingerprint density at radius 1 is 0.677 bits per heavy atom. The molecule has 3 fully saturated rings. The fourth-order valence-electron chi connectivity index (χ4n) is 4.55. The fraction of sp³-hybridized carbons (Fsp3) is 1.00. The van der Waals surface area contributed by atoms with E-state index in [9.17, 15) is 56.2 Å². The summed E-state index contributed by atoms with van der Waals surface area (Å²) in [7, 11) is 0. The highest BCUT2D eigenvalue weighted by Gasteiger charge is 2.72. The zero-order valence-electron chi connectivity index (χ0n) is 16.3. The van der Waals surface area contributed by atoms with Crippen molar-refractivity contribution in [2.45, 2.75) is 78.3 Å². The highest BCUT2D eigenvalue weighted by Crippen LogP contribution is 2.46. The molecule has 0 spiro atoms. The molecule has 0 aromatic rings. The molecule has 14 heteroatoms. The van der Waals surface area contributed by atoms with Gasteiger partial charge in [0.05, 0.1) is 26.4 Å². The summed E-state index contributed by atoms with van der Waals surface area (Å²) >= 11 is 0. The van der Waals surface area contributed by atoms with Crippen molar-refractivity contribution in [3.8, 4) is 0 Å². The van der Waals surface area contributed by atoms with Crippen LogP contribution in [0.2, 0.25) is 0 Å². The molecular formula is C17H30O14. The van der Waals surface area contributed by atoms with Crippen LogP contribution in [0.4, 0.5) is 0 Å². The largest absolute Gasteiger partial charge is 0.394 e. The third kappa shape index (κ3) is 3.70. The van der Waals surface area contributed by atoms with E-state index < -0.39 is 105 Å². The number of hydrogen-bond acceptors (Lipinski definition) is 14. The van der Waals surface area contributed by atoms with Crippen LogP contribution >= 0.6 is 0 Å². The first-order valence-corrected chi connectivity index (χ1v) is 9.77. The molecular weight excluding hydrogens is 428 g/mol. The van der Waals surface area contributed by atoms with E-state index in [1.54, 1.807) is 0 Å². The molecule has 14 nitrogen and oxygen atoms in total. The summed E-state index contributed by atoms with van der Waals surface area (Å²) in [5.41, 5.74) is -5.88. The van der Waals surface area contributed by atoms with Gasteiger partial charge in [-0.2, -0.15) is 0 Å². The van der Waals surface area contributed by atoms with Crippen LogP contribution in [0.1, 0.15) is 0 Å². The molecule has 3 heterocycles. The Hall–Kier alpha value is -0.560. The lowest BCUT2D eigenvalue weighted by atomic mass is 9.64. The average Bonchev–Trinajstić information content (AvgIpc) is 2.74. The van der Waals surface area contributed by atoms with Crippen LogP contribution in [0.25, 0.3) is 0 Å². The molecule has 0 radical (unpaired) electrons. The van der Waals surface area contributed by atoms with Crippen LogP contribution in [0.15, 0.2) is 0 Å². The van der Waals surface area contributed by atoms with Crippen LogP contribution in [0.5, 0.6) is 0 Å². The molecule has 3 aliphatic heterocycles. The summed E-state index contributed by atoms with van der Waals surface area (Å²) in [4.78, 5) is 0. The normalized spacial score (nSPS) is 56.4. The predicted octanol–water partition coefficient (Wildman–Crippen LogP) is -7.48. The number of ether oxygens (including phenoxy) is 3. The molecule has 0 bridgehead atoms. The number of aliphatic hydroxyl groups excluding tert-OH is 9. The maximum atomic E-state index is 11.6. The highest BCUT2D eigenvalue weighted by atomic mass is 16.6. The summed E-state index contributed by atoms with van der Waals surface area (Å²) in [6, 6.07) is 0. The minimum Gasteiger partial charge on any atom is -0.394 e. The molecule has 3 unspecified atom stereocenters. The molecule has 0 saturated carbocycles.